The molecule has 5 aromatic rings. The summed E-state index contributed by atoms with van der Waals surface area (Å²) >= 11 is 0. The normalized spacial score (nSPS) is 13.8. The number of hydrogen-bond acceptors (Lipinski definition) is 7. The van der Waals surface area contributed by atoms with E-state index >= 15 is 0 Å². The molecule has 1 unspecified atom stereocenters. The van der Waals surface area contributed by atoms with Crippen LogP contribution in [0.5, 0.6) is 11.5 Å². The van der Waals surface area contributed by atoms with Crippen LogP contribution in [0.3, 0.4) is 0 Å². The Labute approximate surface area is 193 Å². The van der Waals surface area contributed by atoms with Crippen LogP contribution in [0.2, 0.25) is 0 Å². The summed E-state index contributed by atoms with van der Waals surface area (Å²) < 4.78 is 33.2. The van der Waals surface area contributed by atoms with Crippen molar-refractivity contribution in [3.05, 3.63) is 72.6 Å². The Morgan fingerprint density at radius 1 is 1.00 bits per heavy atom. The Balaban J connectivity index is 1.45. The molecule has 1 atom stereocenters. The molecule has 0 aliphatic carbocycles. The number of nitrogen functional groups attached to an aromatic ring is 1. The Bertz CT molecular complexity index is 1530. The Kier molecular flexibility index (Phi) is 4.68. The summed E-state index contributed by atoms with van der Waals surface area (Å²) in [6.45, 7) is 2.98. The highest BCUT2D eigenvalue weighted by atomic mass is 19.1. The third-order valence-corrected chi connectivity index (χ3v) is 6.00. The van der Waals surface area contributed by atoms with E-state index in [0.717, 1.165) is 16.5 Å². The van der Waals surface area contributed by atoms with Gasteiger partial charge < -0.3 is 24.3 Å². The van der Waals surface area contributed by atoms with E-state index in [4.69, 9.17) is 19.7 Å². The molecule has 2 aromatic carbocycles. The molecule has 8 nitrogen and oxygen atoms in total. The zero-order chi connectivity index (χ0) is 23.2. The smallest absolute Gasteiger partial charge is 0.161 e. The summed E-state index contributed by atoms with van der Waals surface area (Å²) in [6.07, 6.45) is 3.39. The Morgan fingerprint density at radius 2 is 1.82 bits per heavy atom. The highest BCUT2D eigenvalue weighted by Crippen LogP contribution is 2.40. The molecule has 170 valence electrons. The number of benzene rings is 2. The van der Waals surface area contributed by atoms with Gasteiger partial charge in [0.2, 0.25) is 0 Å². The third-order valence-electron chi connectivity index (χ3n) is 6.00. The number of halogens is 1. The molecule has 3 aromatic heterocycles. The van der Waals surface area contributed by atoms with E-state index in [2.05, 4.69) is 15.1 Å². The minimum absolute atomic E-state index is 0.296. The van der Waals surface area contributed by atoms with Crippen molar-refractivity contribution >= 4 is 16.9 Å². The van der Waals surface area contributed by atoms with Crippen molar-refractivity contribution in [2.24, 2.45) is 0 Å². The van der Waals surface area contributed by atoms with Crippen molar-refractivity contribution in [2.45, 2.75) is 13.0 Å². The van der Waals surface area contributed by atoms with Crippen LogP contribution in [0, 0.1) is 5.82 Å². The molecular weight excluding hydrogens is 437 g/mol. The van der Waals surface area contributed by atoms with Gasteiger partial charge in [0.15, 0.2) is 17.3 Å². The second kappa shape index (κ2) is 7.87. The maximum atomic E-state index is 14.2. The van der Waals surface area contributed by atoms with Crippen LogP contribution >= 0.6 is 0 Å². The minimum atomic E-state index is -0.358. The SMILES string of the molecule is CC(c1cc(-c2ccccc2F)no1)n1cc(-c2ccc3c(c2)OCCO3)c2c(N)ncnc21. The van der Waals surface area contributed by atoms with Crippen molar-refractivity contribution in [2.75, 3.05) is 18.9 Å². The quantitative estimate of drug-likeness (QED) is 0.411. The summed E-state index contributed by atoms with van der Waals surface area (Å²) in [5.41, 5.74) is 9.49. The molecular formula is C25H20FN5O3. The number of fused-ring (bicyclic) bond motifs is 2. The standard InChI is InChI=1S/C25H20FN5O3/c1-14(21-11-19(30-34-21)16-4-2-3-5-18(16)26)31-12-17(23-24(27)28-13-29-25(23)31)15-6-7-20-22(10-15)33-9-8-32-20/h2-7,10-14H,8-9H2,1H3,(H2,27,28,29). The molecule has 0 saturated carbocycles. The third kappa shape index (κ3) is 3.24. The van der Waals surface area contributed by atoms with Crippen LogP contribution in [-0.4, -0.2) is 32.9 Å². The first kappa shape index (κ1) is 20.2. The average Bonchev–Trinajstić information content (AvgIpc) is 3.50. The maximum absolute atomic E-state index is 14.2. The van der Waals surface area contributed by atoms with Gasteiger partial charge in [-0.3, -0.25) is 0 Å². The van der Waals surface area contributed by atoms with Gasteiger partial charge in [-0.2, -0.15) is 0 Å². The van der Waals surface area contributed by atoms with E-state index in [1.54, 1.807) is 24.3 Å². The van der Waals surface area contributed by atoms with Crippen LogP contribution < -0.4 is 15.2 Å². The molecule has 2 N–H and O–H groups in total. The average molecular weight is 457 g/mol. The van der Waals surface area contributed by atoms with Crippen molar-refractivity contribution < 1.29 is 18.4 Å². The van der Waals surface area contributed by atoms with Gasteiger partial charge in [0.25, 0.3) is 0 Å². The number of ether oxygens (including phenoxy) is 2. The number of rotatable bonds is 4. The molecule has 0 fully saturated rings. The van der Waals surface area contributed by atoms with E-state index in [1.165, 1.54) is 12.4 Å². The van der Waals surface area contributed by atoms with Crippen molar-refractivity contribution in [1.29, 1.82) is 0 Å². The Morgan fingerprint density at radius 3 is 2.68 bits per heavy atom. The van der Waals surface area contributed by atoms with Crippen molar-refractivity contribution in [3.8, 4) is 33.9 Å². The van der Waals surface area contributed by atoms with E-state index < -0.39 is 0 Å². The van der Waals surface area contributed by atoms with Crippen LogP contribution in [0.25, 0.3) is 33.4 Å². The van der Waals surface area contributed by atoms with Gasteiger partial charge in [-0.25, -0.2) is 14.4 Å². The van der Waals surface area contributed by atoms with Gasteiger partial charge in [-0.1, -0.05) is 23.4 Å². The molecule has 9 heteroatoms. The fourth-order valence-corrected chi connectivity index (χ4v) is 4.25. The lowest BCUT2D eigenvalue weighted by atomic mass is 10.1. The van der Waals surface area contributed by atoms with E-state index in [-0.39, 0.29) is 11.9 Å². The summed E-state index contributed by atoms with van der Waals surface area (Å²) in [6, 6.07) is 13.7. The molecule has 0 saturated heterocycles. The second-order valence-corrected chi connectivity index (χ2v) is 8.04. The molecule has 34 heavy (non-hydrogen) atoms. The first-order valence-corrected chi connectivity index (χ1v) is 10.8. The molecule has 0 amide bonds. The maximum Gasteiger partial charge on any atom is 0.161 e. The zero-order valence-electron chi connectivity index (χ0n) is 18.2. The minimum Gasteiger partial charge on any atom is -0.486 e. The summed E-state index contributed by atoms with van der Waals surface area (Å²) in [5, 5.41) is 4.81. The first-order chi connectivity index (χ1) is 16.6. The van der Waals surface area contributed by atoms with Gasteiger partial charge in [-0.05, 0) is 36.8 Å². The van der Waals surface area contributed by atoms with Crippen LogP contribution in [0.1, 0.15) is 18.7 Å². The topological polar surface area (TPSA) is 101 Å². The predicted octanol–water partition coefficient (Wildman–Crippen LogP) is 4.86. The fourth-order valence-electron chi connectivity index (χ4n) is 4.25. The first-order valence-electron chi connectivity index (χ1n) is 10.8. The number of anilines is 1. The highest BCUT2D eigenvalue weighted by Gasteiger charge is 2.23. The highest BCUT2D eigenvalue weighted by molar-refractivity contribution is 6.01. The number of aromatic nitrogens is 4. The lowest BCUT2D eigenvalue weighted by Gasteiger charge is -2.18. The summed E-state index contributed by atoms with van der Waals surface area (Å²) in [4.78, 5) is 8.69. The van der Waals surface area contributed by atoms with Crippen LogP contribution in [0.4, 0.5) is 10.2 Å². The van der Waals surface area contributed by atoms with Gasteiger partial charge in [0.05, 0.1) is 11.4 Å². The van der Waals surface area contributed by atoms with Crippen molar-refractivity contribution in [1.82, 2.24) is 19.7 Å². The molecule has 4 heterocycles. The summed E-state index contributed by atoms with van der Waals surface area (Å²) in [7, 11) is 0. The van der Waals surface area contributed by atoms with Gasteiger partial charge in [0, 0.05) is 23.4 Å². The van der Waals surface area contributed by atoms with E-state index in [0.29, 0.717) is 53.2 Å². The van der Waals surface area contributed by atoms with Gasteiger partial charge in [-0.15, -0.1) is 0 Å². The zero-order valence-corrected chi connectivity index (χ0v) is 18.2. The number of hydrogen-bond donors (Lipinski definition) is 1. The van der Waals surface area contributed by atoms with Gasteiger partial charge >= 0.3 is 0 Å². The molecule has 0 radical (unpaired) electrons. The number of nitrogens with two attached hydrogens (primary N) is 1. The van der Waals surface area contributed by atoms with E-state index in [1.807, 2.05) is 35.9 Å². The lowest BCUT2D eigenvalue weighted by Crippen LogP contribution is -2.15. The predicted molar refractivity (Wildman–Crippen MR) is 124 cm³/mol. The van der Waals surface area contributed by atoms with Crippen LogP contribution in [-0.2, 0) is 0 Å². The Hall–Kier alpha value is -4.40. The van der Waals surface area contributed by atoms with Crippen LogP contribution in [0.15, 0.2) is 65.6 Å². The fraction of sp³-hybridized carbons (Fsp3) is 0.160. The largest absolute Gasteiger partial charge is 0.486 e. The van der Waals surface area contributed by atoms with Crippen molar-refractivity contribution in [3.63, 3.8) is 0 Å². The second-order valence-electron chi connectivity index (χ2n) is 8.04. The molecule has 6 rings (SSSR count). The lowest BCUT2D eigenvalue weighted by molar-refractivity contribution is 0.171. The molecule has 1 aliphatic rings. The number of nitrogens with zero attached hydrogens (tertiary/aromatic N) is 4. The summed E-state index contributed by atoms with van der Waals surface area (Å²) in [5.74, 6) is 1.95. The van der Waals surface area contributed by atoms with Gasteiger partial charge in [0.1, 0.15) is 42.5 Å². The molecule has 0 bridgehead atoms. The monoisotopic (exact) mass is 457 g/mol. The molecule has 1 aliphatic heterocycles. The van der Waals surface area contributed by atoms with E-state index in [9.17, 15) is 4.39 Å². The molecule has 0 spiro atoms.